The number of carbonyl (C=O) groups is 1. The highest BCUT2D eigenvalue weighted by atomic mass is 19.1. The molecule has 3 heterocycles. The fourth-order valence-electron chi connectivity index (χ4n) is 4.70. The number of hydrogen-bond donors (Lipinski definition) is 1. The molecule has 1 aromatic heterocycles. The fourth-order valence-corrected chi connectivity index (χ4v) is 4.70. The predicted octanol–water partition coefficient (Wildman–Crippen LogP) is 3.58. The summed E-state index contributed by atoms with van der Waals surface area (Å²) in [6.45, 7) is 7.17. The molecule has 0 bridgehead atoms. The molecule has 1 N–H and O–H groups in total. The molecule has 0 saturated carbocycles. The summed E-state index contributed by atoms with van der Waals surface area (Å²) >= 11 is 0. The number of piperidine rings is 2. The smallest absolute Gasteiger partial charge is 0.253 e. The van der Waals surface area contributed by atoms with Crippen LogP contribution in [0.5, 0.6) is 5.88 Å². The van der Waals surface area contributed by atoms with Gasteiger partial charge < -0.3 is 19.6 Å². The van der Waals surface area contributed by atoms with E-state index in [1.54, 1.807) is 30.9 Å². The number of aromatic nitrogens is 2. The van der Waals surface area contributed by atoms with Gasteiger partial charge in [-0.3, -0.25) is 4.79 Å². The van der Waals surface area contributed by atoms with Crippen molar-refractivity contribution in [2.45, 2.75) is 51.3 Å². The molecule has 34 heavy (non-hydrogen) atoms. The van der Waals surface area contributed by atoms with E-state index in [-0.39, 0.29) is 5.91 Å². The fraction of sp³-hybridized carbons (Fsp3) is 0.577. The zero-order valence-corrected chi connectivity index (χ0v) is 20.1. The Kier molecular flexibility index (Phi) is 7.78. The molecule has 0 spiro atoms. The van der Waals surface area contributed by atoms with E-state index in [4.69, 9.17) is 4.74 Å². The van der Waals surface area contributed by atoms with Crippen LogP contribution in [0.4, 0.5) is 4.39 Å². The molecule has 1 amide bonds. The summed E-state index contributed by atoms with van der Waals surface area (Å²) in [6.07, 6.45) is 3.12. The highest BCUT2D eigenvalue weighted by Crippen LogP contribution is 2.23. The number of alkyl halides is 1. The van der Waals surface area contributed by atoms with Crippen LogP contribution in [0.1, 0.15) is 49.9 Å². The Morgan fingerprint density at radius 3 is 2.44 bits per heavy atom. The van der Waals surface area contributed by atoms with Crippen molar-refractivity contribution in [3.63, 3.8) is 0 Å². The highest BCUT2D eigenvalue weighted by Gasteiger charge is 2.26. The minimum Gasteiger partial charge on any atom is -0.476 e. The molecule has 2 aliphatic rings. The van der Waals surface area contributed by atoms with E-state index in [1.807, 2.05) is 24.3 Å². The summed E-state index contributed by atoms with van der Waals surface area (Å²) < 4.78 is 19.7. The first kappa shape index (κ1) is 24.5. The Morgan fingerprint density at radius 2 is 1.82 bits per heavy atom. The van der Waals surface area contributed by atoms with E-state index >= 15 is 0 Å². The van der Waals surface area contributed by atoms with Crippen molar-refractivity contribution in [1.82, 2.24) is 20.0 Å². The summed E-state index contributed by atoms with van der Waals surface area (Å²) in [6, 6.07) is 11.0. The summed E-state index contributed by atoms with van der Waals surface area (Å²) in [7, 11) is 0. The third-order valence-electron chi connectivity index (χ3n) is 6.53. The Bertz CT molecular complexity index is 938. The van der Waals surface area contributed by atoms with Gasteiger partial charge in [0.2, 0.25) is 5.88 Å². The second kappa shape index (κ2) is 10.8. The van der Waals surface area contributed by atoms with Gasteiger partial charge in [0, 0.05) is 36.8 Å². The summed E-state index contributed by atoms with van der Waals surface area (Å²) in [5.74, 6) is 0.873. The minimum atomic E-state index is -1.16. The van der Waals surface area contributed by atoms with Gasteiger partial charge in [-0.25, -0.2) is 4.39 Å². The number of halogens is 1. The van der Waals surface area contributed by atoms with Crippen molar-refractivity contribution in [3.8, 4) is 17.1 Å². The van der Waals surface area contributed by atoms with Crippen LogP contribution in [0.2, 0.25) is 0 Å². The molecule has 1 atom stereocenters. The third kappa shape index (κ3) is 6.73. The second-order valence-electron chi connectivity index (χ2n) is 10.1. The molecule has 2 fully saturated rings. The van der Waals surface area contributed by atoms with Crippen molar-refractivity contribution >= 4 is 5.91 Å². The number of hydrogen-bond acceptors (Lipinski definition) is 6. The number of amides is 1. The molecule has 184 valence electrons. The van der Waals surface area contributed by atoms with E-state index in [0.717, 1.165) is 44.3 Å². The van der Waals surface area contributed by atoms with Crippen LogP contribution in [0, 0.1) is 5.92 Å². The van der Waals surface area contributed by atoms with Crippen LogP contribution >= 0.6 is 0 Å². The molecule has 8 heteroatoms. The standard InChI is InChI=1S/C26H35FN4O3/c1-26(2,27)18-30-14-11-19(12-15-30)17-34-24-10-9-23(28-29-24)20-5-7-21(8-6-20)25(33)31-13-3-4-22(32)16-31/h5-10,19,22,32H,3-4,11-18H2,1-2H3. The number of nitrogens with zero attached hydrogens (tertiary/aromatic N) is 4. The molecule has 7 nitrogen and oxygen atoms in total. The summed E-state index contributed by atoms with van der Waals surface area (Å²) in [5.41, 5.74) is 1.03. The van der Waals surface area contributed by atoms with Gasteiger partial charge in [-0.15, -0.1) is 10.2 Å². The van der Waals surface area contributed by atoms with Gasteiger partial charge in [0.1, 0.15) is 5.67 Å². The Morgan fingerprint density at radius 1 is 1.09 bits per heavy atom. The summed E-state index contributed by atoms with van der Waals surface area (Å²) in [4.78, 5) is 16.6. The molecule has 0 aliphatic carbocycles. The van der Waals surface area contributed by atoms with Crippen molar-refractivity contribution in [2.24, 2.45) is 5.92 Å². The third-order valence-corrected chi connectivity index (χ3v) is 6.53. The normalized spacial score (nSPS) is 20.4. The van der Waals surface area contributed by atoms with Crippen LogP contribution in [-0.4, -0.2) is 82.1 Å². The van der Waals surface area contributed by atoms with E-state index in [0.29, 0.717) is 49.3 Å². The van der Waals surface area contributed by atoms with Crippen LogP contribution < -0.4 is 4.74 Å². The van der Waals surface area contributed by atoms with Gasteiger partial charge >= 0.3 is 0 Å². The molecule has 1 unspecified atom stereocenters. The second-order valence-corrected chi connectivity index (χ2v) is 10.1. The largest absolute Gasteiger partial charge is 0.476 e. The van der Waals surface area contributed by atoms with Crippen molar-refractivity contribution in [3.05, 3.63) is 42.0 Å². The number of aliphatic hydroxyl groups is 1. The number of β-amino-alcohol motifs (C(OH)–C–C–N with tert-alkyl or cyclic N) is 1. The maximum absolute atomic E-state index is 13.8. The lowest BCUT2D eigenvalue weighted by molar-refractivity contribution is 0.0474. The molecule has 2 aliphatic heterocycles. The molecule has 2 saturated heterocycles. The van der Waals surface area contributed by atoms with Gasteiger partial charge in [-0.05, 0) is 76.7 Å². The number of rotatable bonds is 7. The molecule has 0 radical (unpaired) electrons. The van der Waals surface area contributed by atoms with E-state index < -0.39 is 11.8 Å². The first-order valence-electron chi connectivity index (χ1n) is 12.2. The van der Waals surface area contributed by atoms with Crippen LogP contribution in [-0.2, 0) is 0 Å². The minimum absolute atomic E-state index is 0.0561. The van der Waals surface area contributed by atoms with Crippen molar-refractivity contribution in [2.75, 3.05) is 39.3 Å². The lowest BCUT2D eigenvalue weighted by Crippen LogP contribution is -2.42. The Hall–Kier alpha value is -2.58. The Balaban J connectivity index is 1.26. The van der Waals surface area contributed by atoms with Gasteiger partial charge in [0.15, 0.2) is 0 Å². The van der Waals surface area contributed by atoms with E-state index in [1.165, 1.54) is 0 Å². The van der Waals surface area contributed by atoms with Crippen LogP contribution in [0.3, 0.4) is 0 Å². The number of ether oxygens (including phenoxy) is 1. The first-order chi connectivity index (χ1) is 16.3. The summed E-state index contributed by atoms with van der Waals surface area (Å²) in [5, 5.41) is 18.3. The molecule has 2 aromatic rings. The number of carbonyl (C=O) groups excluding carboxylic acids is 1. The van der Waals surface area contributed by atoms with Crippen LogP contribution in [0.25, 0.3) is 11.3 Å². The first-order valence-corrected chi connectivity index (χ1v) is 12.2. The van der Waals surface area contributed by atoms with Gasteiger partial charge in [0.25, 0.3) is 5.91 Å². The van der Waals surface area contributed by atoms with Gasteiger partial charge in [0.05, 0.1) is 18.4 Å². The van der Waals surface area contributed by atoms with E-state index in [2.05, 4.69) is 15.1 Å². The lowest BCUT2D eigenvalue weighted by atomic mass is 9.97. The molecule has 1 aromatic carbocycles. The molecule has 4 rings (SSSR count). The lowest BCUT2D eigenvalue weighted by Gasteiger charge is -2.34. The van der Waals surface area contributed by atoms with Crippen molar-refractivity contribution in [1.29, 1.82) is 0 Å². The monoisotopic (exact) mass is 470 g/mol. The highest BCUT2D eigenvalue weighted by molar-refractivity contribution is 5.94. The SMILES string of the molecule is CC(C)(F)CN1CCC(COc2ccc(-c3ccc(C(=O)N4CCCC(O)C4)cc3)nn2)CC1. The molecular weight excluding hydrogens is 435 g/mol. The predicted molar refractivity (Wildman–Crippen MR) is 128 cm³/mol. The number of aliphatic hydroxyl groups excluding tert-OH is 1. The average Bonchev–Trinajstić information content (AvgIpc) is 2.83. The maximum atomic E-state index is 13.8. The van der Waals surface area contributed by atoms with Crippen molar-refractivity contribution < 1.29 is 19.0 Å². The zero-order chi connectivity index (χ0) is 24.1. The van der Waals surface area contributed by atoms with E-state index in [9.17, 15) is 14.3 Å². The molecular formula is C26H35FN4O3. The Labute approximate surface area is 200 Å². The quantitative estimate of drug-likeness (QED) is 0.667. The topological polar surface area (TPSA) is 78.8 Å². The zero-order valence-electron chi connectivity index (χ0n) is 20.1. The number of benzene rings is 1. The van der Waals surface area contributed by atoms with Gasteiger partial charge in [-0.1, -0.05) is 12.1 Å². The van der Waals surface area contributed by atoms with Crippen LogP contribution in [0.15, 0.2) is 36.4 Å². The number of likely N-dealkylation sites (tertiary alicyclic amines) is 2. The van der Waals surface area contributed by atoms with Gasteiger partial charge in [-0.2, -0.15) is 0 Å². The maximum Gasteiger partial charge on any atom is 0.253 e. The average molecular weight is 471 g/mol.